The molecule has 3 aromatic carbocycles. The van der Waals surface area contributed by atoms with Gasteiger partial charge in [0.05, 0.1) is 17.5 Å². The number of nitrogen functional groups attached to an aromatic ring is 1. The zero-order valence-electron chi connectivity index (χ0n) is 20.8. The third kappa shape index (κ3) is 5.98. The third-order valence-electron chi connectivity index (χ3n) is 7.07. The average molecular weight is 566 g/mol. The van der Waals surface area contributed by atoms with Gasteiger partial charge in [-0.2, -0.15) is 0 Å². The fourth-order valence-electron chi connectivity index (χ4n) is 5.13. The molecule has 0 amide bonds. The Kier molecular flexibility index (Phi) is 9.34. The molecule has 0 spiro atoms. The maximum atomic E-state index is 13.2. The van der Waals surface area contributed by atoms with E-state index in [1.54, 1.807) is 11.2 Å². The first-order valence-electron chi connectivity index (χ1n) is 12.2. The second-order valence-electron chi connectivity index (χ2n) is 9.40. The van der Waals surface area contributed by atoms with Crippen molar-refractivity contribution in [2.75, 3.05) is 23.2 Å². The minimum absolute atomic E-state index is 0. The average Bonchev–Trinajstić information content (AvgIpc) is 3.27. The molecule has 200 valence electrons. The molecule has 0 radical (unpaired) electrons. The van der Waals surface area contributed by atoms with Crippen LogP contribution in [0.2, 0.25) is 0 Å². The van der Waals surface area contributed by atoms with Crippen LogP contribution in [-0.2, 0) is 16.4 Å². The molecule has 3 aromatic rings. The zero-order valence-corrected chi connectivity index (χ0v) is 23.2. The van der Waals surface area contributed by atoms with E-state index in [1.165, 1.54) is 12.8 Å². The predicted octanol–water partition coefficient (Wildman–Crippen LogP) is 4.94. The van der Waals surface area contributed by atoms with Crippen LogP contribution in [0.4, 0.5) is 5.69 Å². The minimum atomic E-state index is -3.50. The van der Waals surface area contributed by atoms with Crippen molar-refractivity contribution < 1.29 is 13.2 Å². The Hall–Kier alpha value is -2.52. The highest BCUT2D eigenvalue weighted by molar-refractivity contribution is 7.92. The molecule has 0 saturated carbocycles. The van der Waals surface area contributed by atoms with Crippen molar-refractivity contribution in [2.24, 2.45) is 5.73 Å². The van der Waals surface area contributed by atoms with Gasteiger partial charge in [-0.25, -0.2) is 8.42 Å². The van der Waals surface area contributed by atoms with Crippen molar-refractivity contribution >= 4 is 57.1 Å². The summed E-state index contributed by atoms with van der Waals surface area (Å²) in [6, 6.07) is 17.4. The number of hydrogen-bond donors (Lipinski definition) is 3. The number of hydrogen-bond acceptors (Lipinski definition) is 5. The van der Waals surface area contributed by atoms with E-state index in [0.717, 1.165) is 46.3 Å². The summed E-state index contributed by atoms with van der Waals surface area (Å²) >= 11 is 0. The van der Waals surface area contributed by atoms with Gasteiger partial charge < -0.3 is 15.8 Å². The van der Waals surface area contributed by atoms with Crippen LogP contribution in [0.5, 0.6) is 5.75 Å². The molecule has 10 heteroatoms. The lowest BCUT2D eigenvalue weighted by molar-refractivity contribution is 0.239. The van der Waals surface area contributed by atoms with Gasteiger partial charge in [0.15, 0.2) is 0 Å². The van der Waals surface area contributed by atoms with Gasteiger partial charge in [0.1, 0.15) is 18.2 Å². The number of nitrogens with two attached hydrogens (primary N) is 1. The molecule has 7 nitrogen and oxygen atoms in total. The number of fused-ring (bicyclic) bond motifs is 2. The predicted molar refractivity (Wildman–Crippen MR) is 155 cm³/mol. The van der Waals surface area contributed by atoms with Crippen molar-refractivity contribution in [2.45, 2.75) is 44.7 Å². The molecule has 1 fully saturated rings. The number of sulfonamides is 1. The third-order valence-corrected chi connectivity index (χ3v) is 8.85. The Morgan fingerprint density at radius 2 is 1.86 bits per heavy atom. The minimum Gasteiger partial charge on any atom is -0.492 e. The van der Waals surface area contributed by atoms with Gasteiger partial charge >= 0.3 is 0 Å². The fourth-order valence-corrected chi connectivity index (χ4v) is 6.47. The van der Waals surface area contributed by atoms with Crippen molar-refractivity contribution in [3.63, 3.8) is 0 Å². The van der Waals surface area contributed by atoms with Gasteiger partial charge in [0.2, 0.25) is 10.0 Å². The Morgan fingerprint density at radius 3 is 2.57 bits per heavy atom. The molecule has 0 bridgehead atoms. The lowest BCUT2D eigenvalue weighted by atomic mass is 9.98. The summed E-state index contributed by atoms with van der Waals surface area (Å²) in [5.74, 6) is 0.809. The Bertz CT molecular complexity index is 1380. The van der Waals surface area contributed by atoms with E-state index < -0.39 is 10.0 Å². The lowest BCUT2D eigenvalue weighted by Crippen LogP contribution is -2.38. The Balaban J connectivity index is 0.00000190. The van der Waals surface area contributed by atoms with Crippen LogP contribution in [0.15, 0.2) is 54.6 Å². The highest BCUT2D eigenvalue weighted by atomic mass is 35.5. The SMILES string of the molecule is CCS(=O)(=O)N1c2ccc(OCC3CCCCN3)cc2CC1c1ccc2ccc(C(=N)N)cc2c1.Cl.Cl. The largest absolute Gasteiger partial charge is 0.492 e. The number of ether oxygens (including phenoxy) is 1. The summed E-state index contributed by atoms with van der Waals surface area (Å²) in [6.45, 7) is 3.32. The molecule has 0 aromatic heterocycles. The van der Waals surface area contributed by atoms with E-state index in [0.29, 0.717) is 24.6 Å². The first kappa shape index (κ1) is 29.0. The van der Waals surface area contributed by atoms with E-state index in [1.807, 2.05) is 54.6 Å². The van der Waals surface area contributed by atoms with Gasteiger partial charge in [-0.1, -0.05) is 30.7 Å². The van der Waals surface area contributed by atoms with Crippen LogP contribution >= 0.6 is 24.8 Å². The first-order valence-corrected chi connectivity index (χ1v) is 13.9. The van der Waals surface area contributed by atoms with Crippen LogP contribution in [0.1, 0.15) is 48.9 Å². The summed E-state index contributed by atoms with van der Waals surface area (Å²) in [5, 5.41) is 13.2. The molecule has 2 atom stereocenters. The van der Waals surface area contributed by atoms with Crippen molar-refractivity contribution in [1.29, 1.82) is 5.41 Å². The number of nitrogens with one attached hydrogen (secondary N) is 2. The number of halogens is 2. The van der Waals surface area contributed by atoms with Gasteiger partial charge in [-0.15, -0.1) is 24.8 Å². The van der Waals surface area contributed by atoms with Crippen molar-refractivity contribution in [3.8, 4) is 5.75 Å². The molecular formula is C27H34Cl2N4O3S. The summed E-state index contributed by atoms with van der Waals surface area (Å²) in [6.07, 6.45) is 4.12. The molecule has 2 heterocycles. The normalized spacial score (nSPS) is 19.0. The summed E-state index contributed by atoms with van der Waals surface area (Å²) < 4.78 is 34.1. The second-order valence-corrected chi connectivity index (χ2v) is 11.5. The smallest absolute Gasteiger partial charge is 0.235 e. The number of rotatable bonds is 7. The first-order chi connectivity index (χ1) is 16.9. The monoisotopic (exact) mass is 564 g/mol. The molecule has 5 rings (SSSR count). The highest BCUT2D eigenvalue weighted by Gasteiger charge is 2.38. The quantitative estimate of drug-likeness (QED) is 0.278. The van der Waals surface area contributed by atoms with Crippen molar-refractivity contribution in [3.05, 3.63) is 71.3 Å². The maximum absolute atomic E-state index is 13.2. The standard InChI is InChI=1S/C27H32N4O3S.2ClH/c1-2-35(32,33)31-25-11-10-24(34-17-23-5-3-4-12-30-23)15-22(25)16-26(31)19-8-6-18-7-9-20(27(28)29)14-21(18)13-19;;/h6-11,13-15,23,26,30H,2-5,12,16-17H2,1H3,(H3,28,29);2*1H. The molecule has 2 aliphatic heterocycles. The second kappa shape index (κ2) is 11.9. The molecule has 0 aliphatic carbocycles. The van der Waals surface area contributed by atoms with E-state index in [9.17, 15) is 8.42 Å². The van der Waals surface area contributed by atoms with Crippen LogP contribution < -0.4 is 20.1 Å². The molecule has 37 heavy (non-hydrogen) atoms. The molecule has 2 aliphatic rings. The number of piperidine rings is 1. The maximum Gasteiger partial charge on any atom is 0.235 e. The van der Waals surface area contributed by atoms with Crippen LogP contribution in [0.25, 0.3) is 10.8 Å². The van der Waals surface area contributed by atoms with E-state index in [-0.39, 0.29) is 42.4 Å². The topological polar surface area (TPSA) is 109 Å². The highest BCUT2D eigenvalue weighted by Crippen LogP contribution is 2.44. The summed E-state index contributed by atoms with van der Waals surface area (Å²) in [5.41, 5.74) is 8.94. The van der Waals surface area contributed by atoms with Gasteiger partial charge in [-0.3, -0.25) is 9.71 Å². The van der Waals surface area contributed by atoms with Crippen LogP contribution in [0.3, 0.4) is 0 Å². The molecular weight excluding hydrogens is 531 g/mol. The Morgan fingerprint density at radius 1 is 1.08 bits per heavy atom. The van der Waals surface area contributed by atoms with E-state index >= 15 is 0 Å². The molecule has 4 N–H and O–H groups in total. The van der Waals surface area contributed by atoms with E-state index in [4.69, 9.17) is 15.9 Å². The number of nitrogens with zero attached hydrogens (tertiary/aromatic N) is 1. The van der Waals surface area contributed by atoms with E-state index in [2.05, 4.69) is 5.32 Å². The summed E-state index contributed by atoms with van der Waals surface area (Å²) in [4.78, 5) is 0. The van der Waals surface area contributed by atoms with Gasteiger partial charge in [-0.05, 0) is 78.5 Å². The molecule has 1 saturated heterocycles. The van der Waals surface area contributed by atoms with Crippen molar-refractivity contribution in [1.82, 2.24) is 5.32 Å². The lowest BCUT2D eigenvalue weighted by Gasteiger charge is -2.27. The molecule has 2 unspecified atom stereocenters. The number of anilines is 1. The fraction of sp³-hybridized carbons (Fsp3) is 0.370. The van der Waals surface area contributed by atoms with Crippen LogP contribution in [0, 0.1) is 5.41 Å². The zero-order chi connectivity index (χ0) is 24.6. The van der Waals surface area contributed by atoms with Crippen LogP contribution in [-0.4, -0.2) is 39.2 Å². The Labute approximate surface area is 231 Å². The summed E-state index contributed by atoms with van der Waals surface area (Å²) in [7, 11) is -3.50. The van der Waals surface area contributed by atoms with Gasteiger partial charge in [0, 0.05) is 18.0 Å². The number of benzene rings is 3. The van der Waals surface area contributed by atoms with Gasteiger partial charge in [0.25, 0.3) is 0 Å². The number of amidine groups is 1.